The fraction of sp³-hybridized carbons (Fsp3) is 0.429. The van der Waals surface area contributed by atoms with Gasteiger partial charge in [0, 0.05) is 23.4 Å². The third-order valence-electron chi connectivity index (χ3n) is 3.79. The van der Waals surface area contributed by atoms with Gasteiger partial charge in [-0.25, -0.2) is 0 Å². The number of likely N-dealkylation sites (tertiary alicyclic amines) is 1. The lowest BCUT2D eigenvalue weighted by Gasteiger charge is -2.37. The predicted molar refractivity (Wildman–Crippen MR) is 72.5 cm³/mol. The molecule has 2 nitrogen and oxygen atoms in total. The fourth-order valence-corrected chi connectivity index (χ4v) is 3.63. The number of thiophene rings is 1. The van der Waals surface area contributed by atoms with Crippen molar-refractivity contribution in [2.75, 3.05) is 20.1 Å². The van der Waals surface area contributed by atoms with Crippen LogP contribution in [0.25, 0.3) is 10.1 Å². The standard InChI is InChI=1S/C14H17NOS/c1-15-8-6-14(16,7-9-15)12-4-2-3-11-5-10-17-13(11)12/h2-5,10,16H,6-9H2,1H3. The van der Waals surface area contributed by atoms with E-state index in [0.717, 1.165) is 31.5 Å². The van der Waals surface area contributed by atoms with Crippen molar-refractivity contribution >= 4 is 21.4 Å². The first-order valence-electron chi connectivity index (χ1n) is 6.07. The zero-order valence-corrected chi connectivity index (χ0v) is 10.8. The maximum Gasteiger partial charge on any atom is 0.0934 e. The van der Waals surface area contributed by atoms with Crippen molar-refractivity contribution in [3.8, 4) is 0 Å². The van der Waals surface area contributed by atoms with Gasteiger partial charge in [-0.1, -0.05) is 18.2 Å². The van der Waals surface area contributed by atoms with Crippen LogP contribution in [0.3, 0.4) is 0 Å². The molecule has 2 aromatic rings. The molecule has 0 atom stereocenters. The number of aliphatic hydroxyl groups is 1. The van der Waals surface area contributed by atoms with Crippen LogP contribution in [0.5, 0.6) is 0 Å². The van der Waals surface area contributed by atoms with Gasteiger partial charge in [-0.15, -0.1) is 11.3 Å². The molecule has 1 saturated heterocycles. The van der Waals surface area contributed by atoms with Crippen LogP contribution in [0.2, 0.25) is 0 Å². The molecular weight excluding hydrogens is 230 g/mol. The van der Waals surface area contributed by atoms with Gasteiger partial charge in [-0.3, -0.25) is 0 Å². The highest BCUT2D eigenvalue weighted by Crippen LogP contribution is 2.38. The SMILES string of the molecule is CN1CCC(O)(c2cccc3ccsc23)CC1. The molecule has 1 N–H and O–H groups in total. The van der Waals surface area contributed by atoms with Crippen LogP contribution in [0.4, 0.5) is 0 Å². The van der Waals surface area contributed by atoms with E-state index in [2.05, 4.69) is 41.6 Å². The number of rotatable bonds is 1. The Morgan fingerprint density at radius 2 is 2.00 bits per heavy atom. The summed E-state index contributed by atoms with van der Waals surface area (Å²) in [5.74, 6) is 0. The van der Waals surface area contributed by atoms with Gasteiger partial charge in [0.1, 0.15) is 0 Å². The van der Waals surface area contributed by atoms with Crippen molar-refractivity contribution in [2.45, 2.75) is 18.4 Å². The minimum Gasteiger partial charge on any atom is -0.385 e. The summed E-state index contributed by atoms with van der Waals surface area (Å²) in [6.07, 6.45) is 1.67. The second-order valence-electron chi connectivity index (χ2n) is 4.98. The van der Waals surface area contributed by atoms with Gasteiger partial charge in [-0.05, 0) is 36.7 Å². The van der Waals surface area contributed by atoms with Gasteiger partial charge in [0.2, 0.25) is 0 Å². The first-order chi connectivity index (χ1) is 8.19. The van der Waals surface area contributed by atoms with Gasteiger partial charge in [0.05, 0.1) is 5.60 Å². The average Bonchev–Trinajstić information content (AvgIpc) is 2.81. The van der Waals surface area contributed by atoms with Gasteiger partial charge in [0.25, 0.3) is 0 Å². The quantitative estimate of drug-likeness (QED) is 0.837. The average molecular weight is 247 g/mol. The van der Waals surface area contributed by atoms with E-state index in [1.165, 1.54) is 10.1 Å². The van der Waals surface area contributed by atoms with E-state index in [-0.39, 0.29) is 0 Å². The number of fused-ring (bicyclic) bond motifs is 1. The van der Waals surface area contributed by atoms with Crippen LogP contribution in [-0.4, -0.2) is 30.1 Å². The van der Waals surface area contributed by atoms with Crippen LogP contribution in [0.15, 0.2) is 29.6 Å². The van der Waals surface area contributed by atoms with Crippen molar-refractivity contribution in [1.82, 2.24) is 4.90 Å². The Morgan fingerprint density at radius 1 is 1.24 bits per heavy atom. The fourth-order valence-electron chi connectivity index (χ4n) is 2.62. The summed E-state index contributed by atoms with van der Waals surface area (Å²) in [5, 5.41) is 14.2. The molecule has 0 spiro atoms. The molecule has 1 aromatic carbocycles. The minimum atomic E-state index is -0.628. The molecule has 1 aliphatic heterocycles. The lowest BCUT2D eigenvalue weighted by Crippen LogP contribution is -2.40. The van der Waals surface area contributed by atoms with Crippen LogP contribution in [0.1, 0.15) is 18.4 Å². The zero-order valence-electron chi connectivity index (χ0n) is 10.0. The molecule has 0 saturated carbocycles. The van der Waals surface area contributed by atoms with E-state index in [1.54, 1.807) is 11.3 Å². The molecule has 17 heavy (non-hydrogen) atoms. The van der Waals surface area contributed by atoms with Crippen LogP contribution in [0, 0.1) is 0 Å². The monoisotopic (exact) mass is 247 g/mol. The Labute approximate surface area is 105 Å². The van der Waals surface area contributed by atoms with Crippen molar-refractivity contribution in [1.29, 1.82) is 0 Å². The van der Waals surface area contributed by atoms with Gasteiger partial charge in [-0.2, -0.15) is 0 Å². The van der Waals surface area contributed by atoms with E-state index in [0.29, 0.717) is 0 Å². The number of nitrogens with zero attached hydrogens (tertiary/aromatic N) is 1. The summed E-state index contributed by atoms with van der Waals surface area (Å²) in [5.41, 5.74) is 0.495. The molecule has 1 aromatic heterocycles. The molecular formula is C14H17NOS. The molecule has 3 rings (SSSR count). The first-order valence-corrected chi connectivity index (χ1v) is 6.95. The van der Waals surface area contributed by atoms with Crippen molar-refractivity contribution < 1.29 is 5.11 Å². The van der Waals surface area contributed by atoms with Gasteiger partial charge >= 0.3 is 0 Å². The highest BCUT2D eigenvalue weighted by atomic mass is 32.1. The van der Waals surface area contributed by atoms with Crippen LogP contribution >= 0.6 is 11.3 Å². The molecule has 0 unspecified atom stereocenters. The summed E-state index contributed by atoms with van der Waals surface area (Å²) in [6, 6.07) is 8.39. The molecule has 0 radical (unpaired) electrons. The zero-order chi connectivity index (χ0) is 11.9. The Balaban J connectivity index is 2.05. The Hall–Kier alpha value is -0.900. The Bertz CT molecular complexity index is 526. The van der Waals surface area contributed by atoms with Crippen molar-refractivity contribution in [2.24, 2.45) is 0 Å². The lowest BCUT2D eigenvalue weighted by atomic mass is 9.84. The molecule has 90 valence electrons. The third kappa shape index (κ3) is 1.88. The van der Waals surface area contributed by atoms with E-state index in [4.69, 9.17) is 0 Å². The van der Waals surface area contributed by atoms with Gasteiger partial charge in [0.15, 0.2) is 0 Å². The second kappa shape index (κ2) is 4.09. The number of benzene rings is 1. The highest BCUT2D eigenvalue weighted by Gasteiger charge is 2.34. The molecule has 1 aliphatic rings. The molecule has 2 heterocycles. The van der Waals surface area contributed by atoms with Crippen LogP contribution in [-0.2, 0) is 5.60 Å². The van der Waals surface area contributed by atoms with Crippen molar-refractivity contribution in [3.63, 3.8) is 0 Å². The normalized spacial score (nSPS) is 20.8. The minimum absolute atomic E-state index is 0.628. The Kier molecular flexibility index (Phi) is 2.69. The molecule has 3 heteroatoms. The third-order valence-corrected chi connectivity index (χ3v) is 4.76. The van der Waals surface area contributed by atoms with Gasteiger partial charge < -0.3 is 10.0 Å². The molecule has 0 aliphatic carbocycles. The smallest absolute Gasteiger partial charge is 0.0934 e. The molecule has 1 fully saturated rings. The maximum atomic E-state index is 10.9. The van der Waals surface area contributed by atoms with Crippen LogP contribution < -0.4 is 0 Å². The first kappa shape index (κ1) is 11.2. The lowest BCUT2D eigenvalue weighted by molar-refractivity contribution is -0.0189. The molecule has 0 amide bonds. The summed E-state index contributed by atoms with van der Waals surface area (Å²) in [7, 11) is 2.12. The maximum absolute atomic E-state index is 10.9. The van der Waals surface area contributed by atoms with E-state index in [9.17, 15) is 5.11 Å². The van der Waals surface area contributed by atoms with E-state index < -0.39 is 5.60 Å². The largest absolute Gasteiger partial charge is 0.385 e. The number of hydrogen-bond donors (Lipinski definition) is 1. The summed E-state index contributed by atoms with van der Waals surface area (Å²) >= 11 is 1.73. The number of hydrogen-bond acceptors (Lipinski definition) is 3. The van der Waals surface area contributed by atoms with E-state index in [1.807, 2.05) is 0 Å². The second-order valence-corrected chi connectivity index (χ2v) is 5.90. The predicted octanol–water partition coefficient (Wildman–Crippen LogP) is 2.81. The topological polar surface area (TPSA) is 23.5 Å². The van der Waals surface area contributed by atoms with Crippen molar-refractivity contribution in [3.05, 3.63) is 35.2 Å². The highest BCUT2D eigenvalue weighted by molar-refractivity contribution is 7.17. The Morgan fingerprint density at radius 3 is 2.76 bits per heavy atom. The summed E-state index contributed by atoms with van der Waals surface area (Å²) in [4.78, 5) is 2.28. The number of piperidine rings is 1. The van der Waals surface area contributed by atoms with E-state index >= 15 is 0 Å². The summed E-state index contributed by atoms with van der Waals surface area (Å²) < 4.78 is 1.25. The molecule has 0 bridgehead atoms. The summed E-state index contributed by atoms with van der Waals surface area (Å²) in [6.45, 7) is 1.94.